The Hall–Kier alpha value is -2.28. The third-order valence-electron chi connectivity index (χ3n) is 2.19. The van der Waals surface area contributed by atoms with Crippen LogP contribution in [0.4, 0.5) is 4.39 Å². The van der Waals surface area contributed by atoms with E-state index in [0.717, 1.165) is 18.2 Å². The molecule has 1 aliphatic carbocycles. The number of carbonyl (C=O) groups excluding carboxylic acids is 1. The Labute approximate surface area is 108 Å². The summed E-state index contributed by atoms with van der Waals surface area (Å²) in [5, 5.41) is 3.29. The average Bonchev–Trinajstić information content (AvgIpc) is 2.41. The smallest absolute Gasteiger partial charge is 0.287 e. The van der Waals surface area contributed by atoms with Crippen LogP contribution in [-0.4, -0.2) is 19.9 Å². The van der Waals surface area contributed by atoms with Crippen molar-refractivity contribution in [2.24, 2.45) is 5.16 Å². The molecule has 2 rings (SSSR count). The molecule has 19 heavy (non-hydrogen) atoms. The standard InChI is InChI=1S/C12H8FNO4S/c13-11-8-9(6-7-12(11)15)14-18-19(16,17)10-4-2-1-3-5-10/h1-8H. The topological polar surface area (TPSA) is 72.8 Å². The van der Waals surface area contributed by atoms with E-state index in [9.17, 15) is 17.6 Å². The van der Waals surface area contributed by atoms with Gasteiger partial charge in [-0.2, -0.15) is 8.42 Å². The molecule has 0 aromatic heterocycles. The van der Waals surface area contributed by atoms with Crippen molar-refractivity contribution < 1.29 is 21.9 Å². The minimum Gasteiger partial charge on any atom is -0.287 e. The molecule has 0 saturated heterocycles. The van der Waals surface area contributed by atoms with E-state index in [0.29, 0.717) is 0 Å². The van der Waals surface area contributed by atoms with Crippen molar-refractivity contribution in [3.05, 3.63) is 54.4 Å². The van der Waals surface area contributed by atoms with E-state index in [2.05, 4.69) is 9.44 Å². The van der Waals surface area contributed by atoms with Gasteiger partial charge in [-0.05, 0) is 24.3 Å². The maximum absolute atomic E-state index is 12.9. The highest BCUT2D eigenvalue weighted by Crippen LogP contribution is 2.13. The summed E-state index contributed by atoms with van der Waals surface area (Å²) in [4.78, 5) is 10.7. The van der Waals surface area contributed by atoms with Gasteiger partial charge in [-0.3, -0.25) is 9.08 Å². The molecule has 0 spiro atoms. The molecule has 1 aromatic rings. The predicted molar refractivity (Wildman–Crippen MR) is 65.5 cm³/mol. The predicted octanol–water partition coefficient (Wildman–Crippen LogP) is 1.74. The maximum atomic E-state index is 12.9. The fourth-order valence-electron chi connectivity index (χ4n) is 1.27. The van der Waals surface area contributed by atoms with E-state index in [4.69, 9.17) is 0 Å². The number of nitrogens with zero attached hydrogens (tertiary/aromatic N) is 1. The Bertz CT molecular complexity index is 690. The fourth-order valence-corrected chi connectivity index (χ4v) is 2.03. The number of carbonyl (C=O) groups is 1. The van der Waals surface area contributed by atoms with Crippen LogP contribution >= 0.6 is 0 Å². The summed E-state index contributed by atoms with van der Waals surface area (Å²) in [7, 11) is -4.05. The number of benzene rings is 1. The molecule has 0 amide bonds. The molecule has 0 aliphatic heterocycles. The minimum atomic E-state index is -4.05. The van der Waals surface area contributed by atoms with Gasteiger partial charge >= 0.3 is 10.1 Å². The van der Waals surface area contributed by atoms with Crippen LogP contribution in [0.25, 0.3) is 0 Å². The summed E-state index contributed by atoms with van der Waals surface area (Å²) in [6.45, 7) is 0. The Morgan fingerprint density at radius 1 is 1.11 bits per heavy atom. The quantitative estimate of drug-likeness (QED) is 0.625. The number of oxime groups is 1. The molecule has 98 valence electrons. The number of allylic oxidation sites excluding steroid dienone is 4. The van der Waals surface area contributed by atoms with Gasteiger partial charge in [0.15, 0.2) is 5.83 Å². The van der Waals surface area contributed by atoms with Crippen molar-refractivity contribution in [2.45, 2.75) is 4.90 Å². The number of halogens is 1. The van der Waals surface area contributed by atoms with Gasteiger partial charge in [0, 0.05) is 6.08 Å². The number of ketones is 1. The van der Waals surface area contributed by atoms with Gasteiger partial charge in [-0.25, -0.2) is 4.39 Å². The molecule has 0 radical (unpaired) electrons. The largest absolute Gasteiger partial charge is 0.358 e. The van der Waals surface area contributed by atoms with Crippen molar-refractivity contribution in [3.8, 4) is 0 Å². The molecule has 0 N–H and O–H groups in total. The van der Waals surface area contributed by atoms with Crippen LogP contribution in [-0.2, 0) is 19.2 Å². The van der Waals surface area contributed by atoms with Crippen molar-refractivity contribution >= 4 is 21.6 Å². The first-order valence-electron chi connectivity index (χ1n) is 5.15. The minimum absolute atomic E-state index is 0.0698. The van der Waals surface area contributed by atoms with Gasteiger partial charge in [-0.1, -0.05) is 23.4 Å². The Morgan fingerprint density at radius 2 is 1.79 bits per heavy atom. The normalized spacial score (nSPS) is 17.4. The lowest BCUT2D eigenvalue weighted by Gasteiger charge is -2.03. The molecule has 0 fully saturated rings. The molecule has 0 heterocycles. The van der Waals surface area contributed by atoms with Crippen LogP contribution in [0.3, 0.4) is 0 Å². The van der Waals surface area contributed by atoms with Crippen LogP contribution in [0, 0.1) is 0 Å². The van der Waals surface area contributed by atoms with Crippen LogP contribution in [0.2, 0.25) is 0 Å². The molecule has 0 saturated carbocycles. The lowest BCUT2D eigenvalue weighted by atomic mass is 10.1. The van der Waals surface area contributed by atoms with Crippen molar-refractivity contribution in [2.75, 3.05) is 0 Å². The number of hydrogen-bond donors (Lipinski definition) is 0. The molecule has 7 heteroatoms. The summed E-state index contributed by atoms with van der Waals surface area (Å²) in [6, 6.07) is 7.39. The van der Waals surface area contributed by atoms with Crippen molar-refractivity contribution in [1.82, 2.24) is 0 Å². The third kappa shape index (κ3) is 3.14. The molecular weight excluding hydrogens is 273 g/mol. The van der Waals surface area contributed by atoms with Crippen LogP contribution in [0.5, 0.6) is 0 Å². The van der Waals surface area contributed by atoms with Gasteiger partial charge in [0.2, 0.25) is 5.78 Å². The Morgan fingerprint density at radius 3 is 2.42 bits per heavy atom. The van der Waals surface area contributed by atoms with Crippen LogP contribution in [0.1, 0.15) is 0 Å². The van der Waals surface area contributed by atoms with Gasteiger partial charge in [0.05, 0.1) is 0 Å². The van der Waals surface area contributed by atoms with E-state index in [1.165, 1.54) is 24.3 Å². The summed E-state index contributed by atoms with van der Waals surface area (Å²) >= 11 is 0. The fraction of sp³-hybridized carbons (Fsp3) is 0. The molecule has 1 aromatic carbocycles. The average molecular weight is 281 g/mol. The molecule has 1 aliphatic rings. The number of rotatable bonds is 3. The van der Waals surface area contributed by atoms with E-state index in [-0.39, 0.29) is 10.6 Å². The lowest BCUT2D eigenvalue weighted by Crippen LogP contribution is -2.07. The van der Waals surface area contributed by atoms with Gasteiger partial charge in [0.1, 0.15) is 10.6 Å². The van der Waals surface area contributed by atoms with Crippen LogP contribution < -0.4 is 0 Å². The Kier molecular flexibility index (Phi) is 3.57. The third-order valence-corrected chi connectivity index (χ3v) is 3.31. The van der Waals surface area contributed by atoms with Crippen LogP contribution in [0.15, 0.2) is 64.4 Å². The van der Waals surface area contributed by atoms with Gasteiger partial charge in [0.25, 0.3) is 0 Å². The summed E-state index contributed by atoms with van der Waals surface area (Å²) in [5.74, 6) is -1.83. The second-order valence-corrected chi connectivity index (χ2v) is 5.08. The zero-order valence-corrected chi connectivity index (χ0v) is 10.3. The summed E-state index contributed by atoms with van der Waals surface area (Å²) < 4.78 is 40.7. The second-order valence-electron chi connectivity index (χ2n) is 3.55. The highest BCUT2D eigenvalue weighted by Gasteiger charge is 2.16. The first-order chi connectivity index (χ1) is 8.99. The van der Waals surface area contributed by atoms with E-state index in [1.54, 1.807) is 6.07 Å². The van der Waals surface area contributed by atoms with E-state index in [1.807, 2.05) is 0 Å². The SMILES string of the molecule is O=C1C=CC(=NOS(=O)(=O)c2ccccc2)C=C1F. The van der Waals surface area contributed by atoms with Crippen molar-refractivity contribution in [3.63, 3.8) is 0 Å². The summed E-state index contributed by atoms with van der Waals surface area (Å²) in [6.07, 6.45) is 2.89. The summed E-state index contributed by atoms with van der Waals surface area (Å²) in [5.41, 5.74) is -0.100. The molecule has 0 unspecified atom stereocenters. The molecular formula is C12H8FNO4S. The molecule has 5 nitrogen and oxygen atoms in total. The van der Waals surface area contributed by atoms with E-state index < -0.39 is 21.7 Å². The maximum Gasteiger partial charge on any atom is 0.358 e. The highest BCUT2D eigenvalue weighted by atomic mass is 32.2. The van der Waals surface area contributed by atoms with Crippen molar-refractivity contribution in [1.29, 1.82) is 0 Å². The first kappa shape index (κ1) is 13.2. The van der Waals surface area contributed by atoms with E-state index >= 15 is 0 Å². The van der Waals surface area contributed by atoms with Gasteiger partial charge in [-0.15, -0.1) is 0 Å². The van der Waals surface area contributed by atoms with Gasteiger partial charge < -0.3 is 0 Å². The second kappa shape index (κ2) is 5.15. The monoisotopic (exact) mass is 281 g/mol. The highest BCUT2D eigenvalue weighted by molar-refractivity contribution is 7.86. The zero-order valence-electron chi connectivity index (χ0n) is 9.49. The lowest BCUT2D eigenvalue weighted by molar-refractivity contribution is -0.112. The molecule has 0 atom stereocenters. The Balaban J connectivity index is 2.20. The number of hydrogen-bond acceptors (Lipinski definition) is 5. The zero-order chi connectivity index (χ0) is 13.9. The first-order valence-corrected chi connectivity index (χ1v) is 6.56. The molecule has 0 bridgehead atoms.